The van der Waals surface area contributed by atoms with Crippen LogP contribution in [0.5, 0.6) is 0 Å². The summed E-state index contributed by atoms with van der Waals surface area (Å²) < 4.78 is 2.21. The average Bonchev–Trinajstić information content (AvgIpc) is 3.07. The van der Waals surface area contributed by atoms with Gasteiger partial charge in [-0.3, -0.25) is 4.90 Å². The van der Waals surface area contributed by atoms with Gasteiger partial charge in [0.2, 0.25) is 0 Å². The monoisotopic (exact) mass is 236 g/mol. The van der Waals surface area contributed by atoms with E-state index < -0.39 is 0 Å². The summed E-state index contributed by atoms with van der Waals surface area (Å²) in [4.78, 5) is 6.78. The molecule has 2 N–H and O–H groups in total. The van der Waals surface area contributed by atoms with Crippen molar-refractivity contribution in [2.45, 2.75) is 51.7 Å². The predicted molar refractivity (Wildman–Crippen MR) is 69.7 cm³/mol. The molecule has 0 radical (unpaired) electrons. The van der Waals surface area contributed by atoms with Crippen molar-refractivity contribution < 1.29 is 0 Å². The van der Waals surface area contributed by atoms with E-state index in [0.717, 1.165) is 32.1 Å². The van der Waals surface area contributed by atoms with Gasteiger partial charge >= 0.3 is 0 Å². The van der Waals surface area contributed by atoms with Crippen LogP contribution in [-0.4, -0.2) is 33.6 Å². The highest BCUT2D eigenvalue weighted by Crippen LogP contribution is 2.26. The zero-order chi connectivity index (χ0) is 12.3. The van der Waals surface area contributed by atoms with Crippen LogP contribution in [0.4, 0.5) is 0 Å². The van der Waals surface area contributed by atoms with Crippen LogP contribution in [-0.2, 0) is 6.54 Å². The molecule has 0 bridgehead atoms. The Morgan fingerprint density at radius 2 is 2.29 bits per heavy atom. The molecule has 0 saturated heterocycles. The van der Waals surface area contributed by atoms with E-state index in [2.05, 4.69) is 28.3 Å². The van der Waals surface area contributed by atoms with E-state index in [1.54, 1.807) is 0 Å². The Kier molecular flexibility index (Phi) is 4.18. The maximum atomic E-state index is 6.08. The van der Waals surface area contributed by atoms with Gasteiger partial charge in [0, 0.05) is 31.4 Å². The summed E-state index contributed by atoms with van der Waals surface area (Å²) in [6.07, 6.45) is 7.52. The molecule has 96 valence electrons. The first-order chi connectivity index (χ1) is 8.26. The van der Waals surface area contributed by atoms with Crippen molar-refractivity contribution in [3.63, 3.8) is 0 Å². The molecule has 1 aliphatic rings. The Hall–Kier alpha value is -0.870. The number of hydrogen-bond donors (Lipinski definition) is 1. The lowest BCUT2D eigenvalue weighted by Gasteiger charge is -2.21. The van der Waals surface area contributed by atoms with Gasteiger partial charge in [-0.05, 0) is 25.8 Å². The first kappa shape index (κ1) is 12.6. The highest BCUT2D eigenvalue weighted by molar-refractivity contribution is 5.04. The molecular weight excluding hydrogens is 212 g/mol. The molecule has 0 aliphatic heterocycles. The zero-order valence-corrected chi connectivity index (χ0v) is 11.0. The van der Waals surface area contributed by atoms with Gasteiger partial charge in [0.1, 0.15) is 0 Å². The molecule has 0 amide bonds. The maximum absolute atomic E-state index is 6.08. The van der Waals surface area contributed by atoms with E-state index in [-0.39, 0.29) is 6.04 Å². The molecule has 1 atom stereocenters. The van der Waals surface area contributed by atoms with Crippen molar-refractivity contribution in [3.8, 4) is 0 Å². The molecule has 1 heterocycles. The average molecular weight is 236 g/mol. The van der Waals surface area contributed by atoms with Crippen LogP contribution in [0.25, 0.3) is 0 Å². The van der Waals surface area contributed by atoms with Gasteiger partial charge in [0.15, 0.2) is 0 Å². The highest BCUT2D eigenvalue weighted by atomic mass is 15.2. The highest BCUT2D eigenvalue weighted by Gasteiger charge is 2.27. The summed E-state index contributed by atoms with van der Waals surface area (Å²) in [6.45, 7) is 7.62. The second kappa shape index (κ2) is 5.65. The Labute approximate surface area is 104 Å². The second-order valence-electron chi connectivity index (χ2n) is 4.89. The molecule has 4 nitrogen and oxygen atoms in total. The van der Waals surface area contributed by atoms with Crippen molar-refractivity contribution in [3.05, 3.63) is 18.2 Å². The Morgan fingerprint density at radius 3 is 2.88 bits per heavy atom. The molecule has 0 spiro atoms. The lowest BCUT2D eigenvalue weighted by atomic mass is 10.2. The molecule has 1 aliphatic carbocycles. The smallest absolute Gasteiger partial charge is 0.0949 e. The summed E-state index contributed by atoms with van der Waals surface area (Å²) in [5.74, 6) is 0. The summed E-state index contributed by atoms with van der Waals surface area (Å²) >= 11 is 0. The Balaban J connectivity index is 1.91. The fourth-order valence-corrected chi connectivity index (χ4v) is 2.31. The van der Waals surface area contributed by atoms with E-state index in [4.69, 9.17) is 5.73 Å². The van der Waals surface area contributed by atoms with Gasteiger partial charge in [0.05, 0.1) is 12.0 Å². The van der Waals surface area contributed by atoms with Crippen molar-refractivity contribution in [2.75, 3.05) is 13.1 Å². The van der Waals surface area contributed by atoms with Gasteiger partial charge in [-0.2, -0.15) is 0 Å². The van der Waals surface area contributed by atoms with E-state index in [9.17, 15) is 0 Å². The van der Waals surface area contributed by atoms with E-state index in [0.29, 0.717) is 0 Å². The third-order valence-electron chi connectivity index (χ3n) is 3.66. The molecule has 1 aromatic heterocycles. The Bertz CT molecular complexity index is 343. The van der Waals surface area contributed by atoms with Crippen LogP contribution in [0, 0.1) is 0 Å². The van der Waals surface area contributed by atoms with Gasteiger partial charge in [-0.15, -0.1) is 0 Å². The summed E-state index contributed by atoms with van der Waals surface area (Å²) in [5, 5.41) is 0. The van der Waals surface area contributed by atoms with Crippen molar-refractivity contribution in [1.29, 1.82) is 0 Å². The lowest BCUT2D eigenvalue weighted by Crippen LogP contribution is -2.30. The lowest BCUT2D eigenvalue weighted by molar-refractivity contribution is 0.264. The quantitative estimate of drug-likeness (QED) is 0.785. The SMILES string of the molecule is CC[C@@H](N)c1cncn1CCN(CC)C1CC1. The van der Waals surface area contributed by atoms with E-state index in [1.807, 2.05) is 12.5 Å². The molecule has 17 heavy (non-hydrogen) atoms. The third-order valence-corrected chi connectivity index (χ3v) is 3.66. The van der Waals surface area contributed by atoms with Crippen LogP contribution in [0.2, 0.25) is 0 Å². The van der Waals surface area contributed by atoms with E-state index >= 15 is 0 Å². The van der Waals surface area contributed by atoms with Crippen molar-refractivity contribution in [1.82, 2.24) is 14.5 Å². The predicted octanol–water partition coefficient (Wildman–Crippen LogP) is 1.78. The maximum Gasteiger partial charge on any atom is 0.0949 e. The number of nitrogens with two attached hydrogens (primary N) is 1. The number of imidazole rings is 1. The third kappa shape index (κ3) is 3.07. The number of rotatable bonds is 7. The Morgan fingerprint density at radius 1 is 1.53 bits per heavy atom. The largest absolute Gasteiger partial charge is 0.332 e. The topological polar surface area (TPSA) is 47.1 Å². The second-order valence-corrected chi connectivity index (χ2v) is 4.89. The number of hydrogen-bond acceptors (Lipinski definition) is 3. The minimum atomic E-state index is 0.119. The van der Waals surface area contributed by atoms with Crippen molar-refractivity contribution >= 4 is 0 Å². The summed E-state index contributed by atoms with van der Waals surface area (Å²) in [6, 6.07) is 0.959. The normalized spacial score (nSPS) is 17.6. The molecule has 0 aromatic carbocycles. The number of likely N-dealkylation sites (N-methyl/N-ethyl adjacent to an activating group) is 1. The fraction of sp³-hybridized carbons (Fsp3) is 0.769. The van der Waals surface area contributed by atoms with E-state index in [1.165, 1.54) is 18.5 Å². The fourth-order valence-electron chi connectivity index (χ4n) is 2.31. The molecule has 2 rings (SSSR count). The van der Waals surface area contributed by atoms with Crippen LogP contribution in [0.1, 0.15) is 44.8 Å². The summed E-state index contributed by atoms with van der Waals surface area (Å²) in [7, 11) is 0. The minimum Gasteiger partial charge on any atom is -0.332 e. The summed E-state index contributed by atoms with van der Waals surface area (Å²) in [5.41, 5.74) is 7.24. The first-order valence-electron chi connectivity index (χ1n) is 6.75. The molecular formula is C13H24N4. The van der Waals surface area contributed by atoms with Crippen LogP contribution < -0.4 is 5.73 Å². The van der Waals surface area contributed by atoms with Gasteiger partial charge in [0.25, 0.3) is 0 Å². The van der Waals surface area contributed by atoms with Gasteiger partial charge in [-0.1, -0.05) is 13.8 Å². The van der Waals surface area contributed by atoms with Crippen LogP contribution in [0.15, 0.2) is 12.5 Å². The number of nitrogens with zero attached hydrogens (tertiary/aromatic N) is 3. The number of aromatic nitrogens is 2. The molecule has 1 fully saturated rings. The standard InChI is InChI=1S/C13H24N4/c1-3-12(14)13-9-15-10-17(13)8-7-16(4-2)11-5-6-11/h9-12H,3-8,14H2,1-2H3/t12-/m1/s1. The van der Waals surface area contributed by atoms with Crippen LogP contribution >= 0.6 is 0 Å². The zero-order valence-electron chi connectivity index (χ0n) is 11.0. The minimum absolute atomic E-state index is 0.119. The molecule has 4 heteroatoms. The van der Waals surface area contributed by atoms with Crippen molar-refractivity contribution in [2.24, 2.45) is 5.73 Å². The van der Waals surface area contributed by atoms with Gasteiger partial charge in [-0.25, -0.2) is 4.98 Å². The van der Waals surface area contributed by atoms with Gasteiger partial charge < -0.3 is 10.3 Å². The first-order valence-corrected chi connectivity index (χ1v) is 6.75. The molecule has 1 saturated carbocycles. The molecule has 0 unspecified atom stereocenters. The van der Waals surface area contributed by atoms with Crippen LogP contribution in [0.3, 0.4) is 0 Å². The molecule has 1 aromatic rings.